The first-order chi connectivity index (χ1) is 7.20. The smallest absolute Gasteiger partial charge is 0.231 e. The molecule has 0 saturated heterocycles. The van der Waals surface area contributed by atoms with Crippen LogP contribution in [-0.4, -0.2) is 12.8 Å². The highest BCUT2D eigenvalue weighted by Crippen LogP contribution is 2.36. The van der Waals surface area contributed by atoms with Crippen LogP contribution in [0.5, 0.6) is 11.5 Å². The number of rotatable bonds is 2. The molecule has 4 heteroatoms. The van der Waals surface area contributed by atoms with Crippen LogP contribution in [0.2, 0.25) is 0 Å². The van der Waals surface area contributed by atoms with Gasteiger partial charge in [-0.2, -0.15) is 5.26 Å². The molecule has 0 unspecified atom stereocenters. The summed E-state index contributed by atoms with van der Waals surface area (Å²) in [6.07, 6.45) is 0. The zero-order valence-corrected chi connectivity index (χ0v) is 8.70. The largest absolute Gasteiger partial charge is 0.454 e. The van der Waals surface area contributed by atoms with Crippen LogP contribution in [0.1, 0.15) is 19.4 Å². The minimum Gasteiger partial charge on any atom is -0.454 e. The van der Waals surface area contributed by atoms with E-state index in [4.69, 9.17) is 14.7 Å². The van der Waals surface area contributed by atoms with E-state index in [0.717, 1.165) is 5.69 Å². The molecule has 0 amide bonds. The fourth-order valence-electron chi connectivity index (χ4n) is 1.46. The molecule has 4 nitrogen and oxygen atoms in total. The first kappa shape index (κ1) is 9.66. The summed E-state index contributed by atoms with van der Waals surface area (Å²) < 4.78 is 10.4. The lowest BCUT2D eigenvalue weighted by molar-refractivity contribution is 0.174. The van der Waals surface area contributed by atoms with Crippen LogP contribution < -0.4 is 14.8 Å². The molecule has 1 aliphatic rings. The molecule has 2 rings (SSSR count). The maximum atomic E-state index is 8.98. The number of anilines is 1. The number of benzene rings is 1. The summed E-state index contributed by atoms with van der Waals surface area (Å²) in [7, 11) is 0. The van der Waals surface area contributed by atoms with Gasteiger partial charge in [-0.1, -0.05) is 0 Å². The van der Waals surface area contributed by atoms with Crippen LogP contribution in [0.25, 0.3) is 0 Å². The summed E-state index contributed by atoms with van der Waals surface area (Å²) in [5.74, 6) is 1.33. The summed E-state index contributed by atoms with van der Waals surface area (Å²) in [5, 5.41) is 12.2. The van der Waals surface area contributed by atoms with E-state index >= 15 is 0 Å². The van der Waals surface area contributed by atoms with Gasteiger partial charge in [-0.15, -0.1) is 0 Å². The molecular formula is C11H12N2O2. The molecule has 1 heterocycles. The summed E-state index contributed by atoms with van der Waals surface area (Å²) in [6.45, 7) is 4.27. The average Bonchev–Trinajstić information content (AvgIpc) is 2.62. The predicted octanol–water partition coefficient (Wildman–Crippen LogP) is 2.11. The Hall–Kier alpha value is -1.89. The minimum atomic E-state index is 0.228. The van der Waals surface area contributed by atoms with E-state index in [-0.39, 0.29) is 12.8 Å². The monoisotopic (exact) mass is 204 g/mol. The van der Waals surface area contributed by atoms with E-state index in [2.05, 4.69) is 11.4 Å². The van der Waals surface area contributed by atoms with Gasteiger partial charge in [0.25, 0.3) is 0 Å². The van der Waals surface area contributed by atoms with Crippen LogP contribution in [0, 0.1) is 11.3 Å². The van der Waals surface area contributed by atoms with Crippen LogP contribution >= 0.6 is 0 Å². The standard InChI is InChI=1S/C11H12N2O2/c1-7(2)13-9-4-11-10(14-6-15-11)3-8(9)5-12/h3-4,7,13H,6H2,1-2H3. The number of hydrogen-bond acceptors (Lipinski definition) is 4. The van der Waals surface area contributed by atoms with Crippen molar-refractivity contribution < 1.29 is 9.47 Å². The van der Waals surface area contributed by atoms with E-state index < -0.39 is 0 Å². The second-order valence-corrected chi connectivity index (χ2v) is 3.66. The lowest BCUT2D eigenvalue weighted by atomic mass is 10.1. The number of hydrogen-bond donors (Lipinski definition) is 1. The van der Waals surface area contributed by atoms with Crippen molar-refractivity contribution in [3.63, 3.8) is 0 Å². The van der Waals surface area contributed by atoms with Gasteiger partial charge in [-0.3, -0.25) is 0 Å². The summed E-state index contributed by atoms with van der Waals surface area (Å²) in [4.78, 5) is 0. The van der Waals surface area contributed by atoms with Crippen molar-refractivity contribution in [3.8, 4) is 17.6 Å². The summed E-state index contributed by atoms with van der Waals surface area (Å²) in [5.41, 5.74) is 1.37. The molecular weight excluding hydrogens is 192 g/mol. The molecule has 0 radical (unpaired) electrons. The third-order valence-corrected chi connectivity index (χ3v) is 2.08. The normalized spacial score (nSPS) is 12.7. The van der Waals surface area contributed by atoms with Crippen molar-refractivity contribution in [1.82, 2.24) is 0 Å². The van der Waals surface area contributed by atoms with Gasteiger partial charge in [0.05, 0.1) is 11.3 Å². The molecule has 1 aliphatic heterocycles. The molecule has 1 aromatic rings. The minimum absolute atomic E-state index is 0.228. The number of nitrogens with zero attached hydrogens (tertiary/aromatic N) is 1. The van der Waals surface area contributed by atoms with E-state index in [1.165, 1.54) is 0 Å². The highest BCUT2D eigenvalue weighted by molar-refractivity contribution is 5.65. The van der Waals surface area contributed by atoms with Crippen LogP contribution in [0.15, 0.2) is 12.1 Å². The molecule has 0 bridgehead atoms. The van der Waals surface area contributed by atoms with Crippen LogP contribution in [-0.2, 0) is 0 Å². The average molecular weight is 204 g/mol. The highest BCUT2D eigenvalue weighted by atomic mass is 16.7. The van der Waals surface area contributed by atoms with Crippen LogP contribution in [0.3, 0.4) is 0 Å². The summed E-state index contributed by atoms with van der Waals surface area (Å²) >= 11 is 0. The number of nitrogens with one attached hydrogen (secondary N) is 1. The Bertz CT molecular complexity index is 421. The van der Waals surface area contributed by atoms with Gasteiger partial charge in [0.1, 0.15) is 6.07 Å². The Kier molecular flexibility index (Phi) is 2.38. The molecule has 1 N–H and O–H groups in total. The number of nitriles is 1. The maximum absolute atomic E-state index is 8.98. The summed E-state index contributed by atoms with van der Waals surface area (Å²) in [6, 6.07) is 5.92. The second kappa shape index (κ2) is 3.70. The lowest BCUT2D eigenvalue weighted by Gasteiger charge is -2.11. The zero-order chi connectivity index (χ0) is 10.8. The third-order valence-electron chi connectivity index (χ3n) is 2.08. The zero-order valence-electron chi connectivity index (χ0n) is 8.70. The van der Waals surface area contributed by atoms with Crippen molar-refractivity contribution in [1.29, 1.82) is 5.26 Å². The second-order valence-electron chi connectivity index (χ2n) is 3.66. The molecule has 1 aromatic carbocycles. The van der Waals surface area contributed by atoms with E-state index in [1.54, 1.807) is 12.1 Å². The predicted molar refractivity (Wildman–Crippen MR) is 56.0 cm³/mol. The van der Waals surface area contributed by atoms with Gasteiger partial charge in [0, 0.05) is 18.2 Å². The van der Waals surface area contributed by atoms with Gasteiger partial charge in [0.2, 0.25) is 6.79 Å². The molecule has 0 spiro atoms. The third kappa shape index (κ3) is 1.82. The Morgan fingerprint density at radius 2 is 2.00 bits per heavy atom. The first-order valence-corrected chi connectivity index (χ1v) is 4.81. The molecule has 0 fully saturated rings. The first-order valence-electron chi connectivity index (χ1n) is 4.81. The molecule has 0 aromatic heterocycles. The molecule has 0 saturated carbocycles. The Labute approximate surface area is 88.4 Å². The van der Waals surface area contributed by atoms with Crippen molar-refractivity contribution in [2.75, 3.05) is 12.1 Å². The van der Waals surface area contributed by atoms with Crippen molar-refractivity contribution in [2.24, 2.45) is 0 Å². The lowest BCUT2D eigenvalue weighted by Crippen LogP contribution is -2.10. The molecule has 78 valence electrons. The fraction of sp³-hybridized carbons (Fsp3) is 0.364. The number of ether oxygens (including phenoxy) is 2. The van der Waals surface area contributed by atoms with E-state index in [0.29, 0.717) is 17.1 Å². The maximum Gasteiger partial charge on any atom is 0.231 e. The molecule has 15 heavy (non-hydrogen) atoms. The van der Waals surface area contributed by atoms with Gasteiger partial charge < -0.3 is 14.8 Å². The van der Waals surface area contributed by atoms with E-state index in [9.17, 15) is 0 Å². The molecule has 0 aliphatic carbocycles. The van der Waals surface area contributed by atoms with Crippen molar-refractivity contribution in [3.05, 3.63) is 17.7 Å². The Morgan fingerprint density at radius 1 is 1.33 bits per heavy atom. The van der Waals surface area contributed by atoms with Crippen LogP contribution in [0.4, 0.5) is 5.69 Å². The Morgan fingerprint density at radius 3 is 2.60 bits per heavy atom. The number of fused-ring (bicyclic) bond motifs is 1. The van der Waals surface area contributed by atoms with Gasteiger partial charge in [-0.05, 0) is 13.8 Å². The van der Waals surface area contributed by atoms with Crippen molar-refractivity contribution in [2.45, 2.75) is 19.9 Å². The topological polar surface area (TPSA) is 54.3 Å². The van der Waals surface area contributed by atoms with Gasteiger partial charge >= 0.3 is 0 Å². The highest BCUT2D eigenvalue weighted by Gasteiger charge is 2.17. The Balaban J connectivity index is 2.41. The molecule has 0 atom stereocenters. The quantitative estimate of drug-likeness (QED) is 0.801. The SMILES string of the molecule is CC(C)Nc1cc2c(cc1C#N)OCO2. The van der Waals surface area contributed by atoms with E-state index in [1.807, 2.05) is 13.8 Å². The van der Waals surface area contributed by atoms with Gasteiger partial charge in [-0.25, -0.2) is 0 Å². The fourth-order valence-corrected chi connectivity index (χ4v) is 1.46. The van der Waals surface area contributed by atoms with Gasteiger partial charge in [0.15, 0.2) is 11.5 Å². The van der Waals surface area contributed by atoms with Crippen molar-refractivity contribution >= 4 is 5.69 Å².